The van der Waals surface area contributed by atoms with Gasteiger partial charge in [0.05, 0.1) is 11.9 Å². The maximum atomic E-state index is 13.1. The van der Waals surface area contributed by atoms with Crippen LogP contribution in [0.4, 0.5) is 14.2 Å². The molecule has 2 heterocycles. The van der Waals surface area contributed by atoms with Gasteiger partial charge in [0.25, 0.3) is 0 Å². The second-order valence-corrected chi connectivity index (χ2v) is 5.51. The summed E-state index contributed by atoms with van der Waals surface area (Å²) in [6.07, 6.45) is 1.95. The summed E-state index contributed by atoms with van der Waals surface area (Å²) in [7, 11) is 0. The number of carbonyl (C=O) groups is 1. The second-order valence-electron chi connectivity index (χ2n) is 3.90. The van der Waals surface area contributed by atoms with Crippen molar-refractivity contribution in [1.29, 1.82) is 0 Å². The molecule has 2 aromatic heterocycles. The molecule has 8 heteroatoms. The average Bonchev–Trinajstić information content (AvgIpc) is 2.70. The quantitative estimate of drug-likeness (QED) is 0.875. The average molecular weight is 316 g/mol. The van der Waals surface area contributed by atoms with Crippen molar-refractivity contribution in [3.05, 3.63) is 30.0 Å². The number of aryl methyl sites for hydroxylation is 1. The van der Waals surface area contributed by atoms with Crippen LogP contribution in [-0.2, 0) is 4.74 Å². The van der Waals surface area contributed by atoms with Crippen LogP contribution >= 0.6 is 22.9 Å². The molecule has 0 fully saturated rings. The van der Waals surface area contributed by atoms with E-state index < -0.39 is 17.5 Å². The van der Waals surface area contributed by atoms with Crippen LogP contribution in [0.25, 0.3) is 10.6 Å². The number of alkyl halides is 1. The fourth-order valence-corrected chi connectivity index (χ4v) is 2.45. The molecular weight excluding hydrogens is 305 g/mol. The first-order chi connectivity index (χ1) is 9.45. The Hall–Kier alpha value is -1.73. The minimum atomic E-state index is -0.727. The molecule has 0 saturated heterocycles. The molecule has 2 rings (SSSR count). The topological polar surface area (TPSA) is 64.1 Å². The van der Waals surface area contributed by atoms with Gasteiger partial charge in [0.1, 0.15) is 15.8 Å². The number of nitrogens with zero attached hydrogens (tertiary/aromatic N) is 2. The zero-order valence-corrected chi connectivity index (χ0v) is 12.3. The Balaban J connectivity index is 2.19. The maximum Gasteiger partial charge on any atom is 0.413 e. The van der Waals surface area contributed by atoms with Crippen molar-refractivity contribution < 1.29 is 13.9 Å². The normalized spacial score (nSPS) is 12.0. The number of rotatable bonds is 3. The van der Waals surface area contributed by atoms with Gasteiger partial charge in [0.2, 0.25) is 0 Å². The molecule has 20 heavy (non-hydrogen) atoms. The summed E-state index contributed by atoms with van der Waals surface area (Å²) in [4.78, 5) is 19.5. The van der Waals surface area contributed by atoms with Crippen LogP contribution < -0.4 is 5.32 Å². The lowest BCUT2D eigenvalue weighted by atomic mass is 10.3. The van der Waals surface area contributed by atoms with Crippen molar-refractivity contribution in [2.45, 2.75) is 19.4 Å². The molecule has 0 aliphatic carbocycles. The van der Waals surface area contributed by atoms with E-state index in [1.165, 1.54) is 30.5 Å². The van der Waals surface area contributed by atoms with Crippen LogP contribution in [0.15, 0.2) is 18.5 Å². The van der Waals surface area contributed by atoms with Gasteiger partial charge in [-0.1, -0.05) is 22.9 Å². The number of hydrogen-bond donors (Lipinski definition) is 1. The number of aromatic nitrogens is 2. The van der Waals surface area contributed by atoms with Gasteiger partial charge in [-0.05, 0) is 19.9 Å². The van der Waals surface area contributed by atoms with Crippen LogP contribution in [0.1, 0.15) is 12.6 Å². The highest BCUT2D eigenvalue weighted by Crippen LogP contribution is 2.31. The Kier molecular flexibility index (Phi) is 4.51. The highest BCUT2D eigenvalue weighted by atomic mass is 35.5. The van der Waals surface area contributed by atoms with Gasteiger partial charge in [0, 0.05) is 11.8 Å². The van der Waals surface area contributed by atoms with Gasteiger partial charge in [0.15, 0.2) is 5.56 Å². The van der Waals surface area contributed by atoms with Gasteiger partial charge >= 0.3 is 6.09 Å². The second kappa shape index (κ2) is 6.15. The molecule has 1 unspecified atom stereocenters. The molecule has 1 N–H and O–H groups in total. The molecule has 0 aromatic carbocycles. The summed E-state index contributed by atoms with van der Waals surface area (Å²) in [5.74, 6) is -0.444. The van der Waals surface area contributed by atoms with Crippen molar-refractivity contribution in [2.24, 2.45) is 0 Å². The summed E-state index contributed by atoms with van der Waals surface area (Å²) in [6, 6.07) is 1.33. The molecule has 1 amide bonds. The van der Waals surface area contributed by atoms with Crippen molar-refractivity contribution in [1.82, 2.24) is 9.97 Å². The largest absolute Gasteiger partial charge is 0.430 e. The van der Waals surface area contributed by atoms with Crippen molar-refractivity contribution >= 4 is 34.0 Å². The van der Waals surface area contributed by atoms with Crippen LogP contribution in [0.5, 0.6) is 0 Å². The summed E-state index contributed by atoms with van der Waals surface area (Å²) in [5.41, 5.74) is 0.425. The van der Waals surface area contributed by atoms with Gasteiger partial charge in [-0.2, -0.15) is 0 Å². The van der Waals surface area contributed by atoms with Crippen molar-refractivity contribution in [3.8, 4) is 10.6 Å². The number of pyridine rings is 1. The molecule has 0 bridgehead atoms. The fourth-order valence-electron chi connectivity index (χ4n) is 1.43. The highest BCUT2D eigenvalue weighted by molar-refractivity contribution is 7.19. The number of thiazole rings is 1. The molecule has 2 aromatic rings. The third-order valence-corrected chi connectivity index (χ3v) is 3.44. The number of nitrogens with one attached hydrogen (secondary N) is 1. The van der Waals surface area contributed by atoms with Crippen LogP contribution in [-0.4, -0.2) is 21.6 Å². The van der Waals surface area contributed by atoms with Crippen LogP contribution in [0.2, 0.25) is 0 Å². The van der Waals surface area contributed by atoms with Crippen molar-refractivity contribution in [3.63, 3.8) is 0 Å². The third kappa shape index (κ3) is 3.64. The minimum absolute atomic E-state index is 0.444. The van der Waals surface area contributed by atoms with E-state index >= 15 is 0 Å². The van der Waals surface area contributed by atoms with Gasteiger partial charge in [-0.15, -0.1) is 0 Å². The third-order valence-electron chi connectivity index (χ3n) is 2.23. The van der Waals surface area contributed by atoms with Crippen LogP contribution in [0, 0.1) is 12.7 Å². The van der Waals surface area contributed by atoms with E-state index in [0.29, 0.717) is 21.3 Å². The first-order valence-electron chi connectivity index (χ1n) is 5.66. The lowest BCUT2D eigenvalue weighted by Gasteiger charge is -2.06. The zero-order valence-electron chi connectivity index (χ0n) is 10.7. The number of hydrogen-bond acceptors (Lipinski definition) is 5. The van der Waals surface area contributed by atoms with E-state index in [0.717, 1.165) is 6.20 Å². The van der Waals surface area contributed by atoms with Gasteiger partial charge in [-0.3, -0.25) is 10.3 Å². The molecular formula is C12H11ClFN3O2S. The Morgan fingerprint density at radius 1 is 1.55 bits per heavy atom. The van der Waals surface area contributed by atoms with Crippen molar-refractivity contribution in [2.75, 3.05) is 5.32 Å². The molecule has 1 atom stereocenters. The van der Waals surface area contributed by atoms with E-state index in [9.17, 15) is 9.18 Å². The SMILES string of the molecule is Cc1nc(-c2cncc(F)c2)sc1NC(=O)OC(C)Cl. The molecule has 0 aliphatic heterocycles. The summed E-state index contributed by atoms with van der Waals surface area (Å²) in [6.45, 7) is 3.26. The summed E-state index contributed by atoms with van der Waals surface area (Å²) in [5, 5.41) is 3.62. The lowest BCUT2D eigenvalue weighted by Crippen LogP contribution is -2.16. The first kappa shape index (κ1) is 14.7. The Morgan fingerprint density at radius 3 is 2.95 bits per heavy atom. The molecule has 0 aliphatic rings. The Bertz CT molecular complexity index is 633. The number of halogens is 2. The molecule has 0 spiro atoms. The van der Waals surface area contributed by atoms with Crippen LogP contribution in [0.3, 0.4) is 0 Å². The highest BCUT2D eigenvalue weighted by Gasteiger charge is 2.14. The number of amides is 1. The van der Waals surface area contributed by atoms with Gasteiger partial charge < -0.3 is 4.74 Å². The number of anilines is 1. The standard InChI is InChI=1S/C12H11ClFN3O2S/c1-6-10(17-12(18)19-7(2)13)20-11(16-6)8-3-9(14)5-15-4-8/h3-5,7H,1-2H3,(H,17,18). The van der Waals surface area contributed by atoms with E-state index in [4.69, 9.17) is 16.3 Å². The monoisotopic (exact) mass is 315 g/mol. The van der Waals surface area contributed by atoms with Gasteiger partial charge in [-0.25, -0.2) is 14.2 Å². The van der Waals surface area contributed by atoms with E-state index in [-0.39, 0.29) is 0 Å². The Labute approximate surface area is 123 Å². The van der Waals surface area contributed by atoms with E-state index in [1.54, 1.807) is 6.92 Å². The predicted molar refractivity (Wildman–Crippen MR) is 75.5 cm³/mol. The fraction of sp³-hybridized carbons (Fsp3) is 0.250. The molecule has 106 valence electrons. The van der Waals surface area contributed by atoms with E-state index in [1.807, 2.05) is 0 Å². The minimum Gasteiger partial charge on any atom is -0.430 e. The predicted octanol–water partition coefficient (Wildman–Crippen LogP) is 3.79. The Morgan fingerprint density at radius 2 is 2.30 bits per heavy atom. The van der Waals surface area contributed by atoms with E-state index in [2.05, 4.69) is 15.3 Å². The lowest BCUT2D eigenvalue weighted by molar-refractivity contribution is 0.154. The number of ether oxygens (including phenoxy) is 1. The molecule has 0 radical (unpaired) electrons. The summed E-state index contributed by atoms with van der Waals surface area (Å²) >= 11 is 6.76. The maximum absolute atomic E-state index is 13.1. The zero-order chi connectivity index (χ0) is 14.7. The molecule has 0 saturated carbocycles. The first-order valence-corrected chi connectivity index (χ1v) is 6.91. The molecule has 5 nitrogen and oxygen atoms in total. The summed E-state index contributed by atoms with van der Waals surface area (Å²) < 4.78 is 17.9. The number of carbonyl (C=O) groups excluding carboxylic acids is 1. The smallest absolute Gasteiger partial charge is 0.413 e.